The van der Waals surface area contributed by atoms with Gasteiger partial charge < -0.3 is 15.0 Å². The van der Waals surface area contributed by atoms with E-state index in [0.717, 1.165) is 19.3 Å². The Hall–Kier alpha value is -1.26. The third-order valence-corrected chi connectivity index (χ3v) is 3.92. The van der Waals surface area contributed by atoms with Crippen LogP contribution in [-0.4, -0.2) is 42.6 Å². The van der Waals surface area contributed by atoms with Crippen LogP contribution in [0, 0.1) is 0 Å². The lowest BCUT2D eigenvalue weighted by Gasteiger charge is -2.28. The van der Waals surface area contributed by atoms with E-state index in [1.165, 1.54) is 26.4 Å². The molecular formula is C13H22N2O3. The summed E-state index contributed by atoms with van der Waals surface area (Å²) in [5.74, 6) is -0.300. The van der Waals surface area contributed by atoms with E-state index >= 15 is 0 Å². The molecule has 102 valence electrons. The Balaban J connectivity index is 1.89. The summed E-state index contributed by atoms with van der Waals surface area (Å²) in [7, 11) is 1.37. The number of urea groups is 1. The summed E-state index contributed by atoms with van der Waals surface area (Å²) in [6.07, 6.45) is 7.34. The van der Waals surface area contributed by atoms with Gasteiger partial charge in [-0.25, -0.2) is 9.59 Å². The molecule has 1 saturated carbocycles. The molecule has 0 spiro atoms. The third kappa shape index (κ3) is 2.94. The van der Waals surface area contributed by atoms with Gasteiger partial charge in [-0.3, -0.25) is 0 Å². The van der Waals surface area contributed by atoms with Crippen LogP contribution in [0.15, 0.2) is 0 Å². The van der Waals surface area contributed by atoms with Gasteiger partial charge in [0.05, 0.1) is 7.11 Å². The summed E-state index contributed by atoms with van der Waals surface area (Å²) in [4.78, 5) is 25.4. The number of likely N-dealkylation sites (tertiary alicyclic amines) is 1. The molecule has 1 N–H and O–H groups in total. The molecule has 0 aromatic heterocycles. The normalized spacial score (nSPS) is 24.9. The van der Waals surface area contributed by atoms with Gasteiger partial charge in [0.15, 0.2) is 0 Å². The average molecular weight is 254 g/mol. The number of amides is 2. The van der Waals surface area contributed by atoms with Crippen LogP contribution in [0.5, 0.6) is 0 Å². The Kier molecular flexibility index (Phi) is 4.44. The zero-order valence-corrected chi connectivity index (χ0v) is 11.0. The minimum absolute atomic E-state index is 0.102. The second-order valence-electron chi connectivity index (χ2n) is 5.16. The number of nitrogens with zero attached hydrogens (tertiary/aromatic N) is 1. The predicted octanol–water partition coefficient (Wildman–Crippen LogP) is 1.67. The van der Waals surface area contributed by atoms with Crippen molar-refractivity contribution in [2.24, 2.45) is 0 Å². The first-order chi connectivity index (χ1) is 8.72. The lowest BCUT2D eigenvalue weighted by molar-refractivity contribution is -0.144. The van der Waals surface area contributed by atoms with E-state index in [0.29, 0.717) is 13.0 Å². The molecule has 2 rings (SSSR count). The molecule has 1 saturated heterocycles. The van der Waals surface area contributed by atoms with Crippen molar-refractivity contribution < 1.29 is 14.3 Å². The van der Waals surface area contributed by atoms with Crippen molar-refractivity contribution in [2.45, 2.75) is 57.0 Å². The maximum absolute atomic E-state index is 12.2. The monoisotopic (exact) mass is 254 g/mol. The van der Waals surface area contributed by atoms with Crippen LogP contribution in [0.1, 0.15) is 44.9 Å². The first kappa shape index (κ1) is 13.2. The Labute approximate surface area is 108 Å². The van der Waals surface area contributed by atoms with E-state index in [9.17, 15) is 9.59 Å². The zero-order valence-electron chi connectivity index (χ0n) is 11.0. The fourth-order valence-electron chi connectivity index (χ4n) is 2.90. The molecule has 1 aliphatic heterocycles. The average Bonchev–Trinajstić information content (AvgIpc) is 2.88. The van der Waals surface area contributed by atoms with E-state index in [1.54, 1.807) is 4.90 Å². The van der Waals surface area contributed by atoms with E-state index in [2.05, 4.69) is 5.32 Å². The summed E-state index contributed by atoms with van der Waals surface area (Å²) in [5.41, 5.74) is 0. The van der Waals surface area contributed by atoms with E-state index in [-0.39, 0.29) is 18.0 Å². The van der Waals surface area contributed by atoms with Gasteiger partial charge in [0.1, 0.15) is 6.04 Å². The van der Waals surface area contributed by atoms with E-state index < -0.39 is 6.04 Å². The van der Waals surface area contributed by atoms with Gasteiger partial charge in [-0.2, -0.15) is 0 Å². The van der Waals surface area contributed by atoms with Gasteiger partial charge in [0.2, 0.25) is 0 Å². The number of carbonyl (C=O) groups excluding carboxylic acids is 2. The molecule has 5 nitrogen and oxygen atoms in total. The quantitative estimate of drug-likeness (QED) is 0.762. The molecule has 0 aromatic carbocycles. The summed E-state index contributed by atoms with van der Waals surface area (Å²) >= 11 is 0. The number of hydrogen-bond acceptors (Lipinski definition) is 3. The maximum Gasteiger partial charge on any atom is 0.328 e. The van der Waals surface area contributed by atoms with Crippen molar-refractivity contribution in [1.29, 1.82) is 0 Å². The highest BCUT2D eigenvalue weighted by atomic mass is 16.5. The minimum Gasteiger partial charge on any atom is -0.467 e. The van der Waals surface area contributed by atoms with E-state index in [4.69, 9.17) is 4.74 Å². The Bertz CT molecular complexity index is 313. The molecule has 1 atom stereocenters. The maximum atomic E-state index is 12.2. The fourth-order valence-corrected chi connectivity index (χ4v) is 2.90. The molecule has 2 aliphatic rings. The molecule has 0 bridgehead atoms. The van der Waals surface area contributed by atoms with Gasteiger partial charge in [-0.05, 0) is 25.7 Å². The SMILES string of the molecule is COC(=O)[C@@H]1CCCN1C(=O)NC1CCCCC1. The molecule has 2 fully saturated rings. The standard InChI is InChI=1S/C13H22N2O3/c1-18-12(16)11-8-5-9-15(11)13(17)14-10-6-3-2-4-7-10/h10-11H,2-9H2,1H3,(H,14,17)/t11-/m0/s1. The van der Waals surface area contributed by atoms with Gasteiger partial charge in [0, 0.05) is 12.6 Å². The highest BCUT2D eigenvalue weighted by Gasteiger charge is 2.35. The first-order valence-corrected chi connectivity index (χ1v) is 6.87. The summed E-state index contributed by atoms with van der Waals surface area (Å²) in [6, 6.07) is -0.210. The Morgan fingerprint density at radius 3 is 2.50 bits per heavy atom. The highest BCUT2D eigenvalue weighted by Crippen LogP contribution is 2.21. The number of rotatable bonds is 2. The van der Waals surface area contributed by atoms with Crippen LogP contribution < -0.4 is 5.32 Å². The van der Waals surface area contributed by atoms with Crippen molar-refractivity contribution in [3.05, 3.63) is 0 Å². The number of nitrogens with one attached hydrogen (secondary N) is 1. The molecule has 18 heavy (non-hydrogen) atoms. The van der Waals surface area contributed by atoms with E-state index in [1.807, 2.05) is 0 Å². The lowest BCUT2D eigenvalue weighted by atomic mass is 9.96. The molecule has 0 aromatic rings. The van der Waals surface area contributed by atoms with Gasteiger partial charge in [-0.15, -0.1) is 0 Å². The summed E-state index contributed by atoms with van der Waals surface area (Å²) in [5, 5.41) is 3.05. The van der Waals surface area contributed by atoms with Gasteiger partial charge in [0.25, 0.3) is 0 Å². The van der Waals surface area contributed by atoms with Crippen molar-refractivity contribution in [2.75, 3.05) is 13.7 Å². The lowest BCUT2D eigenvalue weighted by Crippen LogP contribution is -2.49. The fraction of sp³-hybridized carbons (Fsp3) is 0.846. The smallest absolute Gasteiger partial charge is 0.328 e. The highest BCUT2D eigenvalue weighted by molar-refractivity contribution is 5.84. The second kappa shape index (κ2) is 6.07. The first-order valence-electron chi connectivity index (χ1n) is 6.87. The van der Waals surface area contributed by atoms with Gasteiger partial charge >= 0.3 is 12.0 Å². The molecule has 5 heteroatoms. The van der Waals surface area contributed by atoms with Crippen molar-refractivity contribution in [3.8, 4) is 0 Å². The van der Waals surface area contributed by atoms with Crippen LogP contribution in [0.4, 0.5) is 4.79 Å². The minimum atomic E-state index is -0.390. The molecule has 2 amide bonds. The summed E-state index contributed by atoms with van der Waals surface area (Å²) in [6.45, 7) is 0.651. The Morgan fingerprint density at radius 2 is 1.83 bits per heavy atom. The van der Waals surface area contributed by atoms with Crippen LogP contribution in [0.2, 0.25) is 0 Å². The molecule has 0 radical (unpaired) electrons. The number of methoxy groups -OCH3 is 1. The predicted molar refractivity (Wildman–Crippen MR) is 67.1 cm³/mol. The largest absolute Gasteiger partial charge is 0.467 e. The van der Waals surface area contributed by atoms with Gasteiger partial charge in [-0.1, -0.05) is 19.3 Å². The molecule has 1 aliphatic carbocycles. The van der Waals surface area contributed by atoms with Crippen molar-refractivity contribution >= 4 is 12.0 Å². The number of carbonyl (C=O) groups is 2. The molecular weight excluding hydrogens is 232 g/mol. The molecule has 0 unspecified atom stereocenters. The number of hydrogen-bond donors (Lipinski definition) is 1. The number of ether oxygens (including phenoxy) is 1. The molecule has 1 heterocycles. The topological polar surface area (TPSA) is 58.6 Å². The van der Waals surface area contributed by atoms with Crippen LogP contribution in [-0.2, 0) is 9.53 Å². The zero-order chi connectivity index (χ0) is 13.0. The second-order valence-corrected chi connectivity index (χ2v) is 5.16. The van der Waals surface area contributed by atoms with Crippen molar-refractivity contribution in [1.82, 2.24) is 10.2 Å². The van der Waals surface area contributed by atoms with Crippen LogP contribution >= 0.6 is 0 Å². The third-order valence-electron chi connectivity index (χ3n) is 3.92. The van der Waals surface area contributed by atoms with Crippen molar-refractivity contribution in [3.63, 3.8) is 0 Å². The van der Waals surface area contributed by atoms with Crippen LogP contribution in [0.25, 0.3) is 0 Å². The Morgan fingerprint density at radius 1 is 1.11 bits per heavy atom. The number of esters is 1. The summed E-state index contributed by atoms with van der Waals surface area (Å²) < 4.78 is 4.74. The van der Waals surface area contributed by atoms with Crippen LogP contribution in [0.3, 0.4) is 0 Å².